The van der Waals surface area contributed by atoms with Crippen LogP contribution in [0.2, 0.25) is 0 Å². The molecule has 1 aromatic rings. The van der Waals surface area contributed by atoms with Crippen molar-refractivity contribution in [1.82, 2.24) is 5.32 Å². The Bertz CT molecular complexity index is 469. The molecule has 20 heavy (non-hydrogen) atoms. The van der Waals surface area contributed by atoms with Crippen molar-refractivity contribution in [2.75, 3.05) is 20.8 Å². The Kier molecular flexibility index (Phi) is 6.81. The number of esters is 1. The summed E-state index contributed by atoms with van der Waals surface area (Å²) in [6.07, 6.45) is 2.55. The molecule has 1 N–H and O–H groups in total. The third kappa shape index (κ3) is 4.70. The van der Waals surface area contributed by atoms with E-state index in [0.29, 0.717) is 18.5 Å². The molecule has 4 heteroatoms. The number of carbonyl (C=O) groups is 1. The van der Waals surface area contributed by atoms with Gasteiger partial charge in [-0.15, -0.1) is 0 Å². The number of hydrogen-bond acceptors (Lipinski definition) is 4. The highest BCUT2D eigenvalue weighted by Gasteiger charge is 2.08. The zero-order chi connectivity index (χ0) is 15.0. The van der Waals surface area contributed by atoms with E-state index < -0.39 is 0 Å². The molecule has 0 amide bonds. The summed E-state index contributed by atoms with van der Waals surface area (Å²) in [5.74, 6) is 0.582. The molecule has 0 saturated heterocycles. The molecule has 0 aliphatic rings. The minimum atomic E-state index is -0.261. The lowest BCUT2D eigenvalue weighted by Crippen LogP contribution is -2.19. The van der Waals surface area contributed by atoms with Crippen LogP contribution in [0, 0.1) is 0 Å². The van der Waals surface area contributed by atoms with Crippen LogP contribution in [-0.2, 0) is 9.53 Å². The fraction of sp³-hybridized carbons (Fsp3) is 0.438. The van der Waals surface area contributed by atoms with Gasteiger partial charge < -0.3 is 14.8 Å². The molecule has 1 aromatic carbocycles. The molecule has 0 radical (unpaired) electrons. The molecule has 1 atom stereocenters. The first-order chi connectivity index (χ1) is 9.62. The van der Waals surface area contributed by atoms with Crippen LogP contribution in [0.25, 0.3) is 0 Å². The van der Waals surface area contributed by atoms with E-state index >= 15 is 0 Å². The van der Waals surface area contributed by atoms with E-state index in [1.54, 1.807) is 7.11 Å². The molecule has 0 fully saturated rings. The highest BCUT2D eigenvalue weighted by molar-refractivity contribution is 5.88. The van der Waals surface area contributed by atoms with Gasteiger partial charge in [0.25, 0.3) is 0 Å². The molecule has 0 saturated carbocycles. The van der Waals surface area contributed by atoms with Gasteiger partial charge in [-0.3, -0.25) is 0 Å². The molecule has 110 valence electrons. The van der Waals surface area contributed by atoms with Gasteiger partial charge in [0.05, 0.1) is 14.2 Å². The van der Waals surface area contributed by atoms with Gasteiger partial charge in [-0.05, 0) is 31.0 Å². The van der Waals surface area contributed by atoms with Gasteiger partial charge in [0, 0.05) is 18.2 Å². The molecule has 0 heterocycles. The monoisotopic (exact) mass is 277 g/mol. The molecule has 0 aromatic heterocycles. The highest BCUT2D eigenvalue weighted by Crippen LogP contribution is 2.18. The molecule has 1 rings (SSSR count). The zero-order valence-corrected chi connectivity index (χ0v) is 12.6. The van der Waals surface area contributed by atoms with Crippen LogP contribution < -0.4 is 10.1 Å². The second-order valence-corrected chi connectivity index (χ2v) is 4.48. The van der Waals surface area contributed by atoms with Gasteiger partial charge in [0.1, 0.15) is 5.75 Å². The Morgan fingerprint density at radius 2 is 2.15 bits per heavy atom. The number of ether oxygens (including phenoxy) is 2. The minimum Gasteiger partial charge on any atom is -0.497 e. The first-order valence-corrected chi connectivity index (χ1v) is 6.77. The Balaban J connectivity index is 2.60. The Labute approximate surface area is 120 Å². The van der Waals surface area contributed by atoms with Gasteiger partial charge in [0.15, 0.2) is 0 Å². The predicted octanol–water partition coefficient (Wildman–Crippen LogP) is 2.86. The lowest BCUT2D eigenvalue weighted by Gasteiger charge is -2.14. The van der Waals surface area contributed by atoms with E-state index in [1.165, 1.54) is 7.11 Å². The lowest BCUT2D eigenvalue weighted by atomic mass is 10.1. The predicted molar refractivity (Wildman–Crippen MR) is 79.8 cm³/mol. The topological polar surface area (TPSA) is 47.6 Å². The van der Waals surface area contributed by atoms with Crippen LogP contribution in [0.3, 0.4) is 0 Å². The third-order valence-electron chi connectivity index (χ3n) is 3.19. The van der Waals surface area contributed by atoms with Crippen LogP contribution >= 0.6 is 0 Å². The number of rotatable bonds is 7. The SMILES string of the molecule is CC/C(=C/CN[C@@H](C)c1cccc(OC)c1)C(=O)OC. The van der Waals surface area contributed by atoms with E-state index in [0.717, 1.165) is 11.3 Å². The van der Waals surface area contributed by atoms with E-state index in [1.807, 2.05) is 37.3 Å². The van der Waals surface area contributed by atoms with Crippen molar-refractivity contribution in [2.24, 2.45) is 0 Å². The van der Waals surface area contributed by atoms with E-state index in [9.17, 15) is 4.79 Å². The number of hydrogen-bond donors (Lipinski definition) is 1. The van der Waals surface area contributed by atoms with E-state index in [-0.39, 0.29) is 12.0 Å². The van der Waals surface area contributed by atoms with Gasteiger partial charge in [-0.2, -0.15) is 0 Å². The summed E-state index contributed by atoms with van der Waals surface area (Å²) in [4.78, 5) is 11.4. The quantitative estimate of drug-likeness (QED) is 0.615. The molecule has 0 bridgehead atoms. The second-order valence-electron chi connectivity index (χ2n) is 4.48. The fourth-order valence-electron chi connectivity index (χ4n) is 1.89. The molecule has 0 aliphatic heterocycles. The summed E-state index contributed by atoms with van der Waals surface area (Å²) in [7, 11) is 3.06. The van der Waals surface area contributed by atoms with E-state index in [2.05, 4.69) is 12.2 Å². The van der Waals surface area contributed by atoms with Crippen LogP contribution in [0.4, 0.5) is 0 Å². The van der Waals surface area contributed by atoms with Gasteiger partial charge in [-0.25, -0.2) is 4.79 Å². The highest BCUT2D eigenvalue weighted by atomic mass is 16.5. The summed E-state index contributed by atoms with van der Waals surface area (Å²) < 4.78 is 9.93. The van der Waals surface area contributed by atoms with Crippen molar-refractivity contribution in [2.45, 2.75) is 26.3 Å². The number of benzene rings is 1. The Morgan fingerprint density at radius 3 is 2.75 bits per heavy atom. The molecular formula is C16H23NO3. The molecular weight excluding hydrogens is 254 g/mol. The zero-order valence-electron chi connectivity index (χ0n) is 12.6. The van der Waals surface area contributed by atoms with Gasteiger partial charge in [-0.1, -0.05) is 25.1 Å². The minimum absolute atomic E-state index is 0.178. The number of nitrogens with one attached hydrogen (secondary N) is 1. The van der Waals surface area contributed by atoms with Gasteiger partial charge in [0.2, 0.25) is 0 Å². The smallest absolute Gasteiger partial charge is 0.333 e. The standard InChI is InChI=1S/C16H23NO3/c1-5-13(16(18)20-4)9-10-17-12(2)14-7-6-8-15(11-14)19-3/h6-9,11-12,17H,5,10H2,1-4H3/b13-9-/t12-/m0/s1. The van der Waals surface area contributed by atoms with Crippen molar-refractivity contribution in [1.29, 1.82) is 0 Å². The van der Waals surface area contributed by atoms with Crippen molar-refractivity contribution in [3.8, 4) is 5.75 Å². The van der Waals surface area contributed by atoms with Gasteiger partial charge >= 0.3 is 5.97 Å². The summed E-state index contributed by atoms with van der Waals surface area (Å²) in [5, 5.41) is 3.35. The third-order valence-corrected chi connectivity index (χ3v) is 3.19. The first-order valence-electron chi connectivity index (χ1n) is 6.77. The molecule has 4 nitrogen and oxygen atoms in total. The van der Waals surface area contributed by atoms with Crippen LogP contribution in [0.15, 0.2) is 35.9 Å². The maximum Gasteiger partial charge on any atom is 0.333 e. The Hall–Kier alpha value is -1.81. The lowest BCUT2D eigenvalue weighted by molar-refractivity contribution is -0.136. The average molecular weight is 277 g/mol. The second kappa shape index (κ2) is 8.38. The first kappa shape index (κ1) is 16.2. The van der Waals surface area contributed by atoms with Crippen molar-refractivity contribution >= 4 is 5.97 Å². The maximum atomic E-state index is 11.4. The Morgan fingerprint density at radius 1 is 1.40 bits per heavy atom. The normalized spacial score (nSPS) is 12.9. The van der Waals surface area contributed by atoms with Crippen LogP contribution in [0.5, 0.6) is 5.75 Å². The number of methoxy groups -OCH3 is 2. The molecule has 0 unspecified atom stereocenters. The van der Waals surface area contributed by atoms with Crippen molar-refractivity contribution in [3.05, 3.63) is 41.5 Å². The number of carbonyl (C=O) groups excluding carboxylic acids is 1. The van der Waals surface area contributed by atoms with Crippen molar-refractivity contribution < 1.29 is 14.3 Å². The largest absolute Gasteiger partial charge is 0.497 e. The fourth-order valence-corrected chi connectivity index (χ4v) is 1.89. The van der Waals surface area contributed by atoms with Crippen molar-refractivity contribution in [3.63, 3.8) is 0 Å². The molecule has 0 spiro atoms. The maximum absolute atomic E-state index is 11.4. The molecule has 0 aliphatic carbocycles. The summed E-state index contributed by atoms with van der Waals surface area (Å²) in [6, 6.07) is 8.11. The summed E-state index contributed by atoms with van der Waals surface area (Å²) >= 11 is 0. The summed E-state index contributed by atoms with van der Waals surface area (Å²) in [5.41, 5.74) is 1.84. The summed E-state index contributed by atoms with van der Waals surface area (Å²) in [6.45, 7) is 4.64. The van der Waals surface area contributed by atoms with Crippen LogP contribution in [-0.4, -0.2) is 26.7 Å². The van der Waals surface area contributed by atoms with E-state index in [4.69, 9.17) is 9.47 Å². The van der Waals surface area contributed by atoms with Crippen LogP contribution in [0.1, 0.15) is 31.9 Å². The average Bonchev–Trinajstić information content (AvgIpc) is 2.50.